The number of halogens is 1. The summed E-state index contributed by atoms with van der Waals surface area (Å²) in [6, 6.07) is 6.17. The molecule has 0 unspecified atom stereocenters. The van der Waals surface area contributed by atoms with Gasteiger partial charge in [0.15, 0.2) is 5.16 Å². The molecular formula is C16H19FN4OS. The lowest BCUT2D eigenvalue weighted by atomic mass is 10.2. The Morgan fingerprint density at radius 2 is 2.13 bits per heavy atom. The summed E-state index contributed by atoms with van der Waals surface area (Å²) in [6.07, 6.45) is 4.81. The van der Waals surface area contributed by atoms with E-state index in [0.717, 1.165) is 36.8 Å². The fraction of sp³-hybridized carbons (Fsp3) is 0.438. The summed E-state index contributed by atoms with van der Waals surface area (Å²) in [5.74, 6) is 1.02. The van der Waals surface area contributed by atoms with Crippen molar-refractivity contribution in [2.45, 2.75) is 43.8 Å². The number of thioether (sulfide) groups is 1. The second kappa shape index (κ2) is 7.59. The second-order valence-electron chi connectivity index (χ2n) is 5.49. The van der Waals surface area contributed by atoms with Crippen molar-refractivity contribution in [2.75, 3.05) is 11.1 Å². The Labute approximate surface area is 138 Å². The largest absolute Gasteiger partial charge is 0.324 e. The third kappa shape index (κ3) is 4.10. The van der Waals surface area contributed by atoms with Crippen molar-refractivity contribution < 1.29 is 9.18 Å². The van der Waals surface area contributed by atoms with Gasteiger partial charge in [0.05, 0.1) is 5.69 Å². The fourth-order valence-electron chi connectivity index (χ4n) is 2.58. The van der Waals surface area contributed by atoms with Crippen LogP contribution in [0.5, 0.6) is 0 Å². The van der Waals surface area contributed by atoms with Crippen molar-refractivity contribution in [3.63, 3.8) is 0 Å². The molecule has 3 rings (SSSR count). The zero-order valence-corrected chi connectivity index (χ0v) is 13.6. The molecule has 7 heteroatoms. The van der Waals surface area contributed by atoms with Crippen molar-refractivity contribution in [3.05, 3.63) is 35.9 Å². The molecule has 1 aromatic carbocycles. The van der Waals surface area contributed by atoms with Crippen molar-refractivity contribution in [1.29, 1.82) is 0 Å². The highest BCUT2D eigenvalue weighted by Gasteiger charge is 2.15. The molecular weight excluding hydrogens is 315 g/mol. The summed E-state index contributed by atoms with van der Waals surface area (Å²) < 4.78 is 15.6. The van der Waals surface area contributed by atoms with Gasteiger partial charge in [-0.1, -0.05) is 30.3 Å². The molecule has 0 bridgehead atoms. The Bertz CT molecular complexity index is 688. The van der Waals surface area contributed by atoms with E-state index in [1.807, 2.05) is 0 Å². The Morgan fingerprint density at radius 1 is 1.26 bits per heavy atom. The number of fused-ring (bicyclic) bond motifs is 1. The van der Waals surface area contributed by atoms with Crippen LogP contribution >= 0.6 is 11.8 Å². The number of amides is 1. The van der Waals surface area contributed by atoms with Crippen LogP contribution in [0.4, 0.5) is 10.1 Å². The highest BCUT2D eigenvalue weighted by Crippen LogP contribution is 2.22. The number of anilines is 1. The van der Waals surface area contributed by atoms with E-state index in [2.05, 4.69) is 20.1 Å². The molecule has 1 aliphatic heterocycles. The maximum absolute atomic E-state index is 13.5. The number of aryl methyl sites for hydroxylation is 1. The third-order valence-electron chi connectivity index (χ3n) is 3.78. The topological polar surface area (TPSA) is 59.8 Å². The van der Waals surface area contributed by atoms with E-state index in [9.17, 15) is 9.18 Å². The number of para-hydroxylation sites is 1. The van der Waals surface area contributed by atoms with Crippen LogP contribution in [0, 0.1) is 5.82 Å². The van der Waals surface area contributed by atoms with Crippen LogP contribution in [0.25, 0.3) is 0 Å². The van der Waals surface area contributed by atoms with Crippen molar-refractivity contribution in [2.24, 2.45) is 0 Å². The molecule has 0 fully saturated rings. The van der Waals surface area contributed by atoms with E-state index in [1.165, 1.54) is 24.2 Å². The van der Waals surface area contributed by atoms with Gasteiger partial charge in [-0.25, -0.2) is 4.39 Å². The second-order valence-corrected chi connectivity index (χ2v) is 6.55. The van der Waals surface area contributed by atoms with Crippen LogP contribution in [0.3, 0.4) is 0 Å². The zero-order chi connectivity index (χ0) is 16.1. The average Bonchev–Trinajstić information content (AvgIpc) is 2.78. The smallest absolute Gasteiger partial charge is 0.225 e. The standard InChI is InChI=1S/C16H19FN4OS/c17-12-6-3-4-7-13(12)18-15(22)9-11-23-16-20-19-14-8-2-1-5-10-21(14)16/h3-4,6-7H,1-2,5,8-11H2,(H,18,22). The predicted octanol–water partition coefficient (Wildman–Crippen LogP) is 3.26. The lowest BCUT2D eigenvalue weighted by molar-refractivity contribution is -0.115. The van der Waals surface area contributed by atoms with E-state index in [0.29, 0.717) is 12.2 Å². The number of rotatable bonds is 5. The number of nitrogens with one attached hydrogen (secondary N) is 1. The average molecular weight is 334 g/mol. The summed E-state index contributed by atoms with van der Waals surface area (Å²) >= 11 is 1.53. The number of nitrogens with zero attached hydrogens (tertiary/aromatic N) is 3. The lowest BCUT2D eigenvalue weighted by Gasteiger charge is -2.07. The molecule has 2 aromatic rings. The Morgan fingerprint density at radius 3 is 3.00 bits per heavy atom. The van der Waals surface area contributed by atoms with E-state index in [-0.39, 0.29) is 11.6 Å². The molecule has 0 atom stereocenters. The van der Waals surface area contributed by atoms with Gasteiger partial charge in [-0.05, 0) is 25.0 Å². The summed E-state index contributed by atoms with van der Waals surface area (Å²) in [5.41, 5.74) is 0.221. The van der Waals surface area contributed by atoms with Gasteiger partial charge < -0.3 is 9.88 Å². The van der Waals surface area contributed by atoms with E-state index in [1.54, 1.807) is 18.2 Å². The molecule has 0 aliphatic carbocycles. The van der Waals surface area contributed by atoms with E-state index < -0.39 is 5.82 Å². The van der Waals surface area contributed by atoms with Gasteiger partial charge in [-0.3, -0.25) is 4.79 Å². The maximum atomic E-state index is 13.5. The molecule has 1 amide bonds. The van der Waals surface area contributed by atoms with Gasteiger partial charge >= 0.3 is 0 Å². The summed E-state index contributed by atoms with van der Waals surface area (Å²) in [5, 5.41) is 11.9. The van der Waals surface area contributed by atoms with Gasteiger partial charge in [-0.2, -0.15) is 0 Å². The van der Waals surface area contributed by atoms with E-state index in [4.69, 9.17) is 0 Å². The number of carbonyl (C=O) groups is 1. The molecule has 23 heavy (non-hydrogen) atoms. The monoisotopic (exact) mass is 334 g/mol. The first-order valence-corrected chi connectivity index (χ1v) is 8.82. The van der Waals surface area contributed by atoms with E-state index >= 15 is 0 Å². The molecule has 2 heterocycles. The quantitative estimate of drug-likeness (QED) is 0.853. The van der Waals surface area contributed by atoms with Crippen molar-refractivity contribution in [3.8, 4) is 0 Å². The zero-order valence-electron chi connectivity index (χ0n) is 12.8. The highest BCUT2D eigenvalue weighted by atomic mass is 32.2. The van der Waals surface area contributed by atoms with Crippen LogP contribution in [-0.4, -0.2) is 26.4 Å². The first kappa shape index (κ1) is 16.0. The van der Waals surface area contributed by atoms with Crippen LogP contribution in [-0.2, 0) is 17.8 Å². The first-order chi connectivity index (χ1) is 11.2. The molecule has 122 valence electrons. The number of carbonyl (C=O) groups excluding carboxylic acids is 1. The Balaban J connectivity index is 1.51. The predicted molar refractivity (Wildman–Crippen MR) is 87.9 cm³/mol. The van der Waals surface area contributed by atoms with Crippen LogP contribution in [0.1, 0.15) is 31.5 Å². The molecule has 0 saturated carbocycles. The molecule has 1 aromatic heterocycles. The Kier molecular flexibility index (Phi) is 5.27. The lowest BCUT2D eigenvalue weighted by Crippen LogP contribution is -2.13. The van der Waals surface area contributed by atoms with Crippen LogP contribution in [0.2, 0.25) is 0 Å². The van der Waals surface area contributed by atoms with Crippen LogP contribution in [0.15, 0.2) is 29.4 Å². The number of aromatic nitrogens is 3. The molecule has 0 saturated heterocycles. The SMILES string of the molecule is O=C(CCSc1nnc2n1CCCCC2)Nc1ccccc1F. The summed E-state index contributed by atoms with van der Waals surface area (Å²) in [7, 11) is 0. The first-order valence-electron chi connectivity index (χ1n) is 7.83. The molecule has 1 N–H and O–H groups in total. The summed E-state index contributed by atoms with van der Waals surface area (Å²) in [4.78, 5) is 11.9. The van der Waals surface area contributed by atoms with Gasteiger partial charge in [0.2, 0.25) is 5.91 Å². The molecule has 0 radical (unpaired) electrons. The van der Waals surface area contributed by atoms with Gasteiger partial charge in [-0.15, -0.1) is 10.2 Å². The van der Waals surface area contributed by atoms with Crippen LogP contribution < -0.4 is 5.32 Å². The molecule has 5 nitrogen and oxygen atoms in total. The minimum Gasteiger partial charge on any atom is -0.324 e. The van der Waals surface area contributed by atoms with Gasteiger partial charge in [0.1, 0.15) is 11.6 Å². The van der Waals surface area contributed by atoms with Gasteiger partial charge in [0.25, 0.3) is 0 Å². The highest BCUT2D eigenvalue weighted by molar-refractivity contribution is 7.99. The normalized spacial score (nSPS) is 14.1. The Hall–Kier alpha value is -1.89. The maximum Gasteiger partial charge on any atom is 0.225 e. The van der Waals surface area contributed by atoms with Crippen molar-refractivity contribution >= 4 is 23.4 Å². The number of hydrogen-bond acceptors (Lipinski definition) is 4. The summed E-state index contributed by atoms with van der Waals surface area (Å²) in [6.45, 7) is 0.950. The van der Waals surface area contributed by atoms with Crippen molar-refractivity contribution in [1.82, 2.24) is 14.8 Å². The number of benzene rings is 1. The third-order valence-corrected chi connectivity index (χ3v) is 4.75. The fourth-order valence-corrected chi connectivity index (χ4v) is 3.50. The molecule has 1 aliphatic rings. The minimum atomic E-state index is -0.420. The number of hydrogen-bond donors (Lipinski definition) is 1. The van der Waals surface area contributed by atoms with Gasteiger partial charge in [0, 0.05) is 25.1 Å². The molecule has 0 spiro atoms. The minimum absolute atomic E-state index is 0.196.